The molecule has 1 aliphatic heterocycles. The standard InChI is InChI=1S/C14H18N2O3/c1-10-5-3-6-11(9-10)15-13(17)12-7-4-8-16(12)14(18)19-2/h3,5-6,9,12H,4,7-8H2,1-2H3,(H,15,17). The van der Waals surface area contributed by atoms with Gasteiger partial charge in [0.1, 0.15) is 6.04 Å². The predicted molar refractivity (Wildman–Crippen MR) is 71.9 cm³/mol. The summed E-state index contributed by atoms with van der Waals surface area (Å²) in [5, 5.41) is 2.85. The fourth-order valence-corrected chi connectivity index (χ4v) is 2.32. The Morgan fingerprint density at radius 2 is 2.21 bits per heavy atom. The highest BCUT2D eigenvalue weighted by atomic mass is 16.5. The summed E-state index contributed by atoms with van der Waals surface area (Å²) in [4.78, 5) is 25.2. The van der Waals surface area contributed by atoms with Crippen molar-refractivity contribution in [2.75, 3.05) is 19.0 Å². The van der Waals surface area contributed by atoms with Gasteiger partial charge in [-0.05, 0) is 37.5 Å². The zero-order valence-corrected chi connectivity index (χ0v) is 11.2. The number of carbonyl (C=O) groups excluding carboxylic acids is 2. The number of hydrogen-bond acceptors (Lipinski definition) is 3. The highest BCUT2D eigenvalue weighted by Crippen LogP contribution is 2.20. The first kappa shape index (κ1) is 13.4. The number of hydrogen-bond donors (Lipinski definition) is 1. The second-order valence-electron chi connectivity index (χ2n) is 4.68. The summed E-state index contributed by atoms with van der Waals surface area (Å²) in [6, 6.07) is 7.15. The van der Waals surface area contributed by atoms with E-state index in [0.717, 1.165) is 17.7 Å². The van der Waals surface area contributed by atoms with Crippen LogP contribution in [0.4, 0.5) is 10.5 Å². The molecule has 1 heterocycles. The smallest absolute Gasteiger partial charge is 0.410 e. The zero-order chi connectivity index (χ0) is 13.8. The van der Waals surface area contributed by atoms with Crippen molar-refractivity contribution in [1.82, 2.24) is 4.90 Å². The van der Waals surface area contributed by atoms with Crippen molar-refractivity contribution in [3.8, 4) is 0 Å². The maximum atomic E-state index is 12.2. The molecular formula is C14H18N2O3. The Kier molecular flexibility index (Phi) is 4.04. The summed E-state index contributed by atoms with van der Waals surface area (Å²) < 4.78 is 4.69. The third-order valence-corrected chi connectivity index (χ3v) is 3.25. The van der Waals surface area contributed by atoms with E-state index in [1.807, 2.05) is 31.2 Å². The van der Waals surface area contributed by atoms with Crippen LogP contribution in [0.15, 0.2) is 24.3 Å². The minimum atomic E-state index is -0.443. The monoisotopic (exact) mass is 262 g/mol. The largest absolute Gasteiger partial charge is 0.453 e. The summed E-state index contributed by atoms with van der Waals surface area (Å²) in [5.74, 6) is -0.159. The van der Waals surface area contributed by atoms with Gasteiger partial charge < -0.3 is 10.1 Å². The average Bonchev–Trinajstić information content (AvgIpc) is 2.87. The van der Waals surface area contributed by atoms with Crippen LogP contribution >= 0.6 is 0 Å². The number of nitrogens with zero attached hydrogens (tertiary/aromatic N) is 1. The van der Waals surface area contributed by atoms with E-state index in [-0.39, 0.29) is 5.91 Å². The number of benzene rings is 1. The topological polar surface area (TPSA) is 58.6 Å². The van der Waals surface area contributed by atoms with Crippen LogP contribution < -0.4 is 5.32 Å². The molecule has 19 heavy (non-hydrogen) atoms. The Labute approximate surface area is 112 Å². The van der Waals surface area contributed by atoms with Gasteiger partial charge in [0.15, 0.2) is 0 Å². The number of ether oxygens (including phenoxy) is 1. The minimum Gasteiger partial charge on any atom is -0.453 e. The van der Waals surface area contributed by atoms with E-state index >= 15 is 0 Å². The Morgan fingerprint density at radius 3 is 2.89 bits per heavy atom. The first-order valence-electron chi connectivity index (χ1n) is 6.34. The Morgan fingerprint density at radius 1 is 1.42 bits per heavy atom. The summed E-state index contributed by atoms with van der Waals surface area (Å²) in [5.41, 5.74) is 1.83. The van der Waals surface area contributed by atoms with Gasteiger partial charge in [-0.25, -0.2) is 4.79 Å². The van der Waals surface area contributed by atoms with Crippen LogP contribution in [0.5, 0.6) is 0 Å². The number of amides is 2. The molecule has 2 amide bonds. The van der Waals surface area contributed by atoms with E-state index in [1.165, 1.54) is 12.0 Å². The molecule has 0 bridgehead atoms. The van der Waals surface area contributed by atoms with Gasteiger partial charge in [-0.15, -0.1) is 0 Å². The first-order chi connectivity index (χ1) is 9.11. The molecule has 1 fully saturated rings. The van der Waals surface area contributed by atoms with Crippen molar-refractivity contribution in [1.29, 1.82) is 0 Å². The van der Waals surface area contributed by atoms with E-state index in [0.29, 0.717) is 13.0 Å². The summed E-state index contributed by atoms with van der Waals surface area (Å²) >= 11 is 0. The molecule has 1 aliphatic rings. The lowest BCUT2D eigenvalue weighted by atomic mass is 10.2. The van der Waals surface area contributed by atoms with E-state index in [9.17, 15) is 9.59 Å². The normalized spacial score (nSPS) is 18.2. The molecular weight excluding hydrogens is 244 g/mol. The summed E-state index contributed by atoms with van der Waals surface area (Å²) in [6.45, 7) is 2.53. The fraction of sp³-hybridized carbons (Fsp3) is 0.429. The van der Waals surface area contributed by atoms with Gasteiger partial charge in [0, 0.05) is 12.2 Å². The third-order valence-electron chi connectivity index (χ3n) is 3.25. The first-order valence-corrected chi connectivity index (χ1v) is 6.34. The van der Waals surface area contributed by atoms with Crippen molar-refractivity contribution in [2.24, 2.45) is 0 Å². The van der Waals surface area contributed by atoms with Crippen molar-refractivity contribution in [3.63, 3.8) is 0 Å². The van der Waals surface area contributed by atoms with E-state index < -0.39 is 12.1 Å². The van der Waals surface area contributed by atoms with Gasteiger partial charge in [0.2, 0.25) is 5.91 Å². The van der Waals surface area contributed by atoms with Crippen LogP contribution in [-0.2, 0) is 9.53 Å². The molecule has 5 nitrogen and oxygen atoms in total. The van der Waals surface area contributed by atoms with Crippen molar-refractivity contribution < 1.29 is 14.3 Å². The highest BCUT2D eigenvalue weighted by Gasteiger charge is 2.34. The summed E-state index contributed by atoms with van der Waals surface area (Å²) in [7, 11) is 1.33. The van der Waals surface area contributed by atoms with Crippen LogP contribution in [0.25, 0.3) is 0 Å². The quantitative estimate of drug-likeness (QED) is 0.888. The molecule has 5 heteroatoms. The number of rotatable bonds is 2. The van der Waals surface area contributed by atoms with Crippen LogP contribution in [0.1, 0.15) is 18.4 Å². The Balaban J connectivity index is 2.05. The maximum absolute atomic E-state index is 12.2. The van der Waals surface area contributed by atoms with Crippen molar-refractivity contribution in [3.05, 3.63) is 29.8 Å². The lowest BCUT2D eigenvalue weighted by Gasteiger charge is -2.22. The van der Waals surface area contributed by atoms with Gasteiger partial charge in [-0.2, -0.15) is 0 Å². The fourth-order valence-electron chi connectivity index (χ4n) is 2.32. The van der Waals surface area contributed by atoms with Gasteiger partial charge in [-0.1, -0.05) is 12.1 Å². The molecule has 0 radical (unpaired) electrons. The van der Waals surface area contributed by atoms with E-state index in [2.05, 4.69) is 5.32 Å². The lowest BCUT2D eigenvalue weighted by Crippen LogP contribution is -2.43. The predicted octanol–water partition coefficient (Wildman–Crippen LogP) is 2.16. The minimum absolute atomic E-state index is 0.159. The zero-order valence-electron chi connectivity index (χ0n) is 11.2. The molecule has 1 aromatic carbocycles. The van der Waals surface area contributed by atoms with Crippen molar-refractivity contribution >= 4 is 17.7 Å². The number of methoxy groups -OCH3 is 1. The van der Waals surface area contributed by atoms with Crippen LogP contribution in [0.2, 0.25) is 0 Å². The average molecular weight is 262 g/mol. The van der Waals surface area contributed by atoms with Gasteiger partial charge in [0.05, 0.1) is 7.11 Å². The van der Waals surface area contributed by atoms with Gasteiger partial charge >= 0.3 is 6.09 Å². The van der Waals surface area contributed by atoms with Crippen LogP contribution in [-0.4, -0.2) is 36.6 Å². The van der Waals surface area contributed by atoms with E-state index in [1.54, 1.807) is 0 Å². The third kappa shape index (κ3) is 3.05. The summed E-state index contributed by atoms with van der Waals surface area (Å²) in [6.07, 6.45) is 1.05. The molecule has 0 aliphatic carbocycles. The molecule has 0 aromatic heterocycles. The van der Waals surface area contributed by atoms with Crippen LogP contribution in [0.3, 0.4) is 0 Å². The Bertz CT molecular complexity index is 487. The van der Waals surface area contributed by atoms with E-state index in [4.69, 9.17) is 4.74 Å². The molecule has 102 valence electrons. The number of nitrogens with one attached hydrogen (secondary N) is 1. The maximum Gasteiger partial charge on any atom is 0.410 e. The molecule has 1 saturated heterocycles. The molecule has 1 atom stereocenters. The second-order valence-corrected chi connectivity index (χ2v) is 4.68. The number of anilines is 1. The lowest BCUT2D eigenvalue weighted by molar-refractivity contribution is -0.119. The van der Waals surface area contributed by atoms with Crippen LogP contribution in [0, 0.1) is 6.92 Å². The second kappa shape index (κ2) is 5.73. The number of aryl methyl sites for hydroxylation is 1. The molecule has 2 rings (SSSR count). The molecule has 1 unspecified atom stereocenters. The molecule has 1 N–H and O–H groups in total. The van der Waals surface area contributed by atoms with Crippen molar-refractivity contribution in [2.45, 2.75) is 25.8 Å². The SMILES string of the molecule is COC(=O)N1CCCC1C(=O)Nc1cccc(C)c1. The number of carbonyl (C=O) groups is 2. The number of likely N-dealkylation sites (tertiary alicyclic amines) is 1. The Hall–Kier alpha value is -2.04. The molecule has 0 spiro atoms. The van der Waals surface area contributed by atoms with Gasteiger partial charge in [0.25, 0.3) is 0 Å². The van der Waals surface area contributed by atoms with Gasteiger partial charge in [-0.3, -0.25) is 9.69 Å². The molecule has 1 aromatic rings. The molecule has 0 saturated carbocycles. The highest BCUT2D eigenvalue weighted by molar-refractivity contribution is 5.96.